The van der Waals surface area contributed by atoms with Gasteiger partial charge in [0.05, 0.1) is 17.2 Å². The molecule has 1 aliphatic rings. The maximum Gasteiger partial charge on any atom is 0.224 e. The second-order valence-electron chi connectivity index (χ2n) is 6.73. The van der Waals surface area contributed by atoms with E-state index in [2.05, 4.69) is 27.6 Å². The Morgan fingerprint density at radius 3 is 2.61 bits per heavy atom. The molecule has 3 heterocycles. The molecule has 0 aliphatic carbocycles. The largest absolute Gasteiger partial charge is 0.422 e. The van der Waals surface area contributed by atoms with Crippen molar-refractivity contribution >= 4 is 0 Å². The predicted molar refractivity (Wildman–Crippen MR) is 105 cm³/mol. The SMILES string of the molecule is CCc1nn(C)c2c1C(c1ccc(-n3ccnc3CC)cc1)C(C#N)=C(N)O2. The number of aromatic nitrogens is 4. The maximum atomic E-state index is 9.75. The zero-order chi connectivity index (χ0) is 19.8. The molecule has 3 aromatic rings. The molecule has 0 bridgehead atoms. The topological polar surface area (TPSA) is 94.7 Å². The van der Waals surface area contributed by atoms with Gasteiger partial charge in [-0.2, -0.15) is 10.4 Å². The summed E-state index contributed by atoms with van der Waals surface area (Å²) in [5, 5.41) is 14.3. The summed E-state index contributed by atoms with van der Waals surface area (Å²) in [4.78, 5) is 4.38. The van der Waals surface area contributed by atoms with Crippen molar-refractivity contribution in [3.8, 4) is 17.6 Å². The molecule has 1 aliphatic heterocycles. The molecular weight excluding hydrogens is 352 g/mol. The van der Waals surface area contributed by atoms with Gasteiger partial charge in [0.25, 0.3) is 0 Å². The van der Waals surface area contributed by atoms with E-state index >= 15 is 0 Å². The molecule has 0 spiro atoms. The number of fused-ring (bicyclic) bond motifs is 1. The Morgan fingerprint density at radius 1 is 1.21 bits per heavy atom. The molecule has 0 radical (unpaired) electrons. The van der Waals surface area contributed by atoms with Crippen molar-refractivity contribution in [1.29, 1.82) is 5.26 Å². The quantitative estimate of drug-likeness (QED) is 0.758. The van der Waals surface area contributed by atoms with Gasteiger partial charge in [0.1, 0.15) is 17.5 Å². The third-order valence-corrected chi connectivity index (χ3v) is 5.15. The highest BCUT2D eigenvalue weighted by Gasteiger charge is 2.35. The Bertz CT molecular complexity index is 1100. The van der Waals surface area contributed by atoms with Crippen LogP contribution in [-0.2, 0) is 19.9 Å². The number of allylic oxidation sites excluding steroid dienone is 1. The van der Waals surface area contributed by atoms with Crippen molar-refractivity contribution in [2.24, 2.45) is 12.8 Å². The van der Waals surface area contributed by atoms with Gasteiger partial charge in [-0.1, -0.05) is 26.0 Å². The number of hydrogen-bond acceptors (Lipinski definition) is 5. The number of aryl methyl sites for hydroxylation is 3. The number of nitriles is 1. The first-order chi connectivity index (χ1) is 13.6. The fourth-order valence-electron chi connectivity index (χ4n) is 3.81. The normalized spacial score (nSPS) is 15.9. The minimum Gasteiger partial charge on any atom is -0.422 e. The Hall–Kier alpha value is -3.53. The van der Waals surface area contributed by atoms with Crippen LogP contribution in [0, 0.1) is 11.3 Å². The van der Waals surface area contributed by atoms with Gasteiger partial charge in [-0.15, -0.1) is 0 Å². The number of ether oxygens (including phenoxy) is 1. The van der Waals surface area contributed by atoms with Crippen LogP contribution in [0.25, 0.3) is 5.69 Å². The van der Waals surface area contributed by atoms with Crippen LogP contribution in [0.3, 0.4) is 0 Å². The summed E-state index contributed by atoms with van der Waals surface area (Å²) < 4.78 is 9.49. The van der Waals surface area contributed by atoms with E-state index in [0.717, 1.165) is 41.2 Å². The van der Waals surface area contributed by atoms with E-state index in [1.165, 1.54) is 0 Å². The average Bonchev–Trinajstić information content (AvgIpc) is 3.31. The second-order valence-corrected chi connectivity index (χ2v) is 6.73. The summed E-state index contributed by atoms with van der Waals surface area (Å²) in [5.74, 6) is 1.45. The van der Waals surface area contributed by atoms with Gasteiger partial charge in [0, 0.05) is 31.5 Å². The van der Waals surface area contributed by atoms with E-state index in [1.54, 1.807) is 10.9 Å². The van der Waals surface area contributed by atoms with Crippen molar-refractivity contribution in [2.45, 2.75) is 32.6 Å². The van der Waals surface area contributed by atoms with E-state index in [-0.39, 0.29) is 11.8 Å². The Kier molecular flexibility index (Phi) is 4.40. The molecular formula is C21H22N6O. The molecule has 0 saturated carbocycles. The molecule has 2 aromatic heterocycles. The van der Waals surface area contributed by atoms with Crippen molar-refractivity contribution < 1.29 is 4.74 Å². The summed E-state index contributed by atoms with van der Waals surface area (Å²) in [5.41, 5.74) is 10.3. The predicted octanol–water partition coefficient (Wildman–Crippen LogP) is 2.95. The average molecular weight is 374 g/mol. The van der Waals surface area contributed by atoms with Crippen LogP contribution in [0.2, 0.25) is 0 Å². The minimum atomic E-state index is -0.292. The van der Waals surface area contributed by atoms with E-state index in [0.29, 0.717) is 11.5 Å². The summed E-state index contributed by atoms with van der Waals surface area (Å²) in [6.07, 6.45) is 5.35. The van der Waals surface area contributed by atoms with E-state index in [9.17, 15) is 5.26 Å². The second kappa shape index (κ2) is 6.89. The van der Waals surface area contributed by atoms with Crippen molar-refractivity contribution in [1.82, 2.24) is 19.3 Å². The number of nitrogens with two attached hydrogens (primary N) is 1. The molecule has 0 saturated heterocycles. The first-order valence-electron chi connectivity index (χ1n) is 9.34. The van der Waals surface area contributed by atoms with Crippen LogP contribution < -0.4 is 10.5 Å². The highest BCUT2D eigenvalue weighted by Crippen LogP contribution is 2.43. The zero-order valence-electron chi connectivity index (χ0n) is 16.2. The Labute approximate surface area is 163 Å². The van der Waals surface area contributed by atoms with Gasteiger partial charge in [0.2, 0.25) is 11.8 Å². The number of nitrogens with zero attached hydrogens (tertiary/aromatic N) is 5. The molecule has 1 unspecified atom stereocenters. The Morgan fingerprint density at radius 2 is 1.96 bits per heavy atom. The molecule has 142 valence electrons. The van der Waals surface area contributed by atoms with Crippen LogP contribution in [0.1, 0.15) is 42.4 Å². The lowest BCUT2D eigenvalue weighted by Crippen LogP contribution is -2.22. The van der Waals surface area contributed by atoms with Crippen LogP contribution in [-0.4, -0.2) is 19.3 Å². The third kappa shape index (κ3) is 2.65. The van der Waals surface area contributed by atoms with Gasteiger partial charge in [0.15, 0.2) is 0 Å². The van der Waals surface area contributed by atoms with E-state index in [4.69, 9.17) is 10.5 Å². The molecule has 7 heteroatoms. The number of imidazole rings is 1. The van der Waals surface area contributed by atoms with Gasteiger partial charge >= 0.3 is 0 Å². The number of hydrogen-bond donors (Lipinski definition) is 1. The molecule has 0 fully saturated rings. The molecule has 4 rings (SSSR count). The first-order valence-corrected chi connectivity index (χ1v) is 9.34. The van der Waals surface area contributed by atoms with E-state index in [1.807, 2.05) is 44.4 Å². The molecule has 2 N–H and O–H groups in total. The summed E-state index contributed by atoms with van der Waals surface area (Å²) in [7, 11) is 1.83. The lowest BCUT2D eigenvalue weighted by Gasteiger charge is -2.25. The molecule has 1 atom stereocenters. The Balaban J connectivity index is 1.83. The van der Waals surface area contributed by atoms with Crippen molar-refractivity contribution in [3.63, 3.8) is 0 Å². The maximum absolute atomic E-state index is 9.75. The highest BCUT2D eigenvalue weighted by molar-refractivity contribution is 5.56. The highest BCUT2D eigenvalue weighted by atomic mass is 16.5. The van der Waals surface area contributed by atoms with Crippen molar-refractivity contribution in [3.05, 3.63) is 70.8 Å². The number of rotatable bonds is 4. The van der Waals surface area contributed by atoms with Gasteiger partial charge < -0.3 is 15.0 Å². The number of benzene rings is 1. The van der Waals surface area contributed by atoms with Gasteiger partial charge in [-0.05, 0) is 24.1 Å². The molecule has 7 nitrogen and oxygen atoms in total. The van der Waals surface area contributed by atoms with Crippen LogP contribution in [0.15, 0.2) is 48.1 Å². The minimum absolute atomic E-state index is 0.137. The summed E-state index contributed by atoms with van der Waals surface area (Å²) in [6, 6.07) is 10.4. The van der Waals surface area contributed by atoms with Gasteiger partial charge in [-0.3, -0.25) is 0 Å². The standard InChI is InChI=1S/C21H22N6O/c1-4-16-19-18(15(12-22)20(23)28-21(19)26(3)25-16)13-6-8-14(9-7-13)27-11-10-24-17(27)5-2/h6-11,18H,4-5,23H2,1-3H3. The lowest BCUT2D eigenvalue weighted by molar-refractivity contribution is 0.358. The monoisotopic (exact) mass is 374 g/mol. The lowest BCUT2D eigenvalue weighted by atomic mass is 9.83. The fraction of sp³-hybridized carbons (Fsp3) is 0.286. The molecule has 0 amide bonds. The van der Waals surface area contributed by atoms with E-state index < -0.39 is 0 Å². The molecule has 28 heavy (non-hydrogen) atoms. The van der Waals surface area contributed by atoms with Crippen LogP contribution in [0.5, 0.6) is 5.88 Å². The summed E-state index contributed by atoms with van der Waals surface area (Å²) >= 11 is 0. The van der Waals surface area contributed by atoms with Crippen LogP contribution >= 0.6 is 0 Å². The fourth-order valence-corrected chi connectivity index (χ4v) is 3.81. The first kappa shape index (κ1) is 17.9. The smallest absolute Gasteiger partial charge is 0.224 e. The third-order valence-electron chi connectivity index (χ3n) is 5.15. The summed E-state index contributed by atoms with van der Waals surface area (Å²) in [6.45, 7) is 4.13. The zero-order valence-corrected chi connectivity index (χ0v) is 16.2. The van der Waals surface area contributed by atoms with Crippen molar-refractivity contribution in [2.75, 3.05) is 0 Å². The molecule has 1 aromatic carbocycles. The van der Waals surface area contributed by atoms with Crippen LogP contribution in [0.4, 0.5) is 0 Å². The van der Waals surface area contributed by atoms with Gasteiger partial charge in [-0.25, -0.2) is 9.67 Å².